The van der Waals surface area contributed by atoms with Crippen molar-refractivity contribution >= 4 is 11.7 Å². The monoisotopic (exact) mass is 219 g/mol. The zero-order valence-corrected chi connectivity index (χ0v) is 9.69. The van der Waals surface area contributed by atoms with Crippen LogP contribution in [0.2, 0.25) is 0 Å². The number of nitrogens with one attached hydrogen (secondary N) is 1. The van der Waals surface area contributed by atoms with Gasteiger partial charge in [-0.15, -0.1) is 0 Å². The fourth-order valence-electron chi connectivity index (χ4n) is 1.31. The van der Waals surface area contributed by atoms with Gasteiger partial charge in [-0.05, 0) is 12.0 Å². The average molecular weight is 219 g/mol. The summed E-state index contributed by atoms with van der Waals surface area (Å²) in [5, 5.41) is 2.62. The number of benzene rings is 1. The molecule has 16 heavy (non-hydrogen) atoms. The van der Waals surface area contributed by atoms with Crippen molar-refractivity contribution < 1.29 is 9.59 Å². The predicted octanol–water partition coefficient (Wildman–Crippen LogP) is 1.57. The SMILES string of the molecule is CC(C)C(=O)C(=O)NCCc1ccccc1. The highest BCUT2D eigenvalue weighted by molar-refractivity contribution is 6.36. The lowest BCUT2D eigenvalue weighted by molar-refractivity contribution is -0.139. The van der Waals surface area contributed by atoms with E-state index in [4.69, 9.17) is 0 Å². The van der Waals surface area contributed by atoms with Gasteiger partial charge in [0, 0.05) is 12.5 Å². The van der Waals surface area contributed by atoms with Gasteiger partial charge in [0.15, 0.2) is 0 Å². The molecule has 1 amide bonds. The quantitative estimate of drug-likeness (QED) is 0.764. The minimum absolute atomic E-state index is 0.239. The molecule has 3 nitrogen and oxygen atoms in total. The number of rotatable bonds is 5. The van der Waals surface area contributed by atoms with Crippen LogP contribution in [0.25, 0.3) is 0 Å². The zero-order valence-electron chi connectivity index (χ0n) is 9.69. The van der Waals surface area contributed by atoms with Gasteiger partial charge in [0.2, 0.25) is 5.78 Å². The number of hydrogen-bond acceptors (Lipinski definition) is 2. The van der Waals surface area contributed by atoms with E-state index in [1.807, 2.05) is 30.3 Å². The third-order valence-electron chi connectivity index (χ3n) is 2.29. The minimum Gasteiger partial charge on any atom is -0.349 e. The topological polar surface area (TPSA) is 46.2 Å². The molecule has 1 aromatic carbocycles. The van der Waals surface area contributed by atoms with Crippen LogP contribution < -0.4 is 5.32 Å². The van der Waals surface area contributed by atoms with Crippen molar-refractivity contribution in [3.8, 4) is 0 Å². The summed E-state index contributed by atoms with van der Waals surface area (Å²) in [6.07, 6.45) is 0.748. The first-order valence-corrected chi connectivity index (χ1v) is 5.47. The molecule has 86 valence electrons. The molecule has 0 bridgehead atoms. The van der Waals surface area contributed by atoms with Gasteiger partial charge in [-0.3, -0.25) is 9.59 Å². The Bertz CT molecular complexity index is 357. The van der Waals surface area contributed by atoms with Crippen LogP contribution in [-0.4, -0.2) is 18.2 Å². The van der Waals surface area contributed by atoms with E-state index in [0.717, 1.165) is 12.0 Å². The average Bonchev–Trinajstić information content (AvgIpc) is 2.29. The lowest BCUT2D eigenvalue weighted by Gasteiger charge is -2.06. The summed E-state index contributed by atoms with van der Waals surface area (Å²) in [6.45, 7) is 3.94. The number of carbonyl (C=O) groups excluding carboxylic acids is 2. The summed E-state index contributed by atoms with van der Waals surface area (Å²) in [4.78, 5) is 22.6. The first kappa shape index (κ1) is 12.4. The molecular formula is C13H17NO2. The number of amides is 1. The maximum Gasteiger partial charge on any atom is 0.287 e. The Balaban J connectivity index is 2.31. The highest BCUT2D eigenvalue weighted by atomic mass is 16.2. The van der Waals surface area contributed by atoms with Crippen molar-refractivity contribution in [1.82, 2.24) is 5.32 Å². The van der Waals surface area contributed by atoms with Crippen molar-refractivity contribution in [2.45, 2.75) is 20.3 Å². The van der Waals surface area contributed by atoms with E-state index >= 15 is 0 Å². The molecule has 0 aliphatic carbocycles. The number of Topliss-reactive ketones (excluding diaryl/α,β-unsaturated/α-hetero) is 1. The van der Waals surface area contributed by atoms with E-state index < -0.39 is 5.91 Å². The Morgan fingerprint density at radius 1 is 1.19 bits per heavy atom. The molecule has 1 N–H and O–H groups in total. The van der Waals surface area contributed by atoms with Gasteiger partial charge in [0.1, 0.15) is 0 Å². The molecule has 0 unspecified atom stereocenters. The maximum atomic E-state index is 11.3. The third-order valence-corrected chi connectivity index (χ3v) is 2.29. The van der Waals surface area contributed by atoms with Crippen LogP contribution in [-0.2, 0) is 16.0 Å². The van der Waals surface area contributed by atoms with Gasteiger partial charge < -0.3 is 5.32 Å². The summed E-state index contributed by atoms with van der Waals surface area (Å²) in [5.41, 5.74) is 1.15. The fourth-order valence-corrected chi connectivity index (χ4v) is 1.31. The van der Waals surface area contributed by atoms with Crippen LogP contribution in [0.15, 0.2) is 30.3 Å². The Hall–Kier alpha value is -1.64. The largest absolute Gasteiger partial charge is 0.349 e. The van der Waals surface area contributed by atoms with Gasteiger partial charge >= 0.3 is 0 Å². The molecule has 3 heteroatoms. The van der Waals surface area contributed by atoms with Crippen LogP contribution >= 0.6 is 0 Å². The summed E-state index contributed by atoms with van der Waals surface area (Å²) < 4.78 is 0. The zero-order chi connectivity index (χ0) is 12.0. The first-order chi connectivity index (χ1) is 7.61. The van der Waals surface area contributed by atoms with E-state index in [2.05, 4.69) is 5.32 Å². The van der Waals surface area contributed by atoms with Crippen LogP contribution in [0.3, 0.4) is 0 Å². The standard InChI is InChI=1S/C13H17NO2/c1-10(2)12(15)13(16)14-9-8-11-6-4-3-5-7-11/h3-7,10H,8-9H2,1-2H3,(H,14,16). The summed E-state index contributed by atoms with van der Waals surface area (Å²) in [6, 6.07) is 9.85. The van der Waals surface area contributed by atoms with Gasteiger partial charge in [0.25, 0.3) is 5.91 Å². The summed E-state index contributed by atoms with van der Waals surface area (Å²) in [5.74, 6) is -1.07. The molecule has 1 aromatic rings. The molecule has 0 fully saturated rings. The van der Waals surface area contributed by atoms with Crippen LogP contribution in [0.1, 0.15) is 19.4 Å². The molecule has 0 radical (unpaired) electrons. The second-order valence-electron chi connectivity index (χ2n) is 4.01. The third kappa shape index (κ3) is 3.85. The molecule has 0 aromatic heterocycles. The molecule has 0 saturated heterocycles. The Morgan fingerprint density at radius 2 is 1.81 bits per heavy atom. The van der Waals surface area contributed by atoms with Gasteiger partial charge in [0.05, 0.1) is 0 Å². The predicted molar refractivity (Wildman–Crippen MR) is 63.0 cm³/mol. The molecule has 0 saturated carbocycles. The second-order valence-corrected chi connectivity index (χ2v) is 4.01. The van der Waals surface area contributed by atoms with Crippen molar-refractivity contribution in [3.05, 3.63) is 35.9 Å². The van der Waals surface area contributed by atoms with Crippen molar-refractivity contribution in [2.24, 2.45) is 5.92 Å². The van der Waals surface area contributed by atoms with Crippen LogP contribution in [0, 0.1) is 5.92 Å². The Labute approximate surface area is 95.9 Å². The maximum absolute atomic E-state index is 11.3. The highest BCUT2D eigenvalue weighted by Gasteiger charge is 2.16. The number of carbonyl (C=O) groups is 2. The molecule has 0 atom stereocenters. The fraction of sp³-hybridized carbons (Fsp3) is 0.385. The van der Waals surface area contributed by atoms with Crippen LogP contribution in [0.5, 0.6) is 0 Å². The normalized spacial score (nSPS) is 10.2. The van der Waals surface area contributed by atoms with E-state index in [0.29, 0.717) is 6.54 Å². The first-order valence-electron chi connectivity index (χ1n) is 5.47. The van der Waals surface area contributed by atoms with E-state index in [1.165, 1.54) is 0 Å². The minimum atomic E-state index is -0.481. The highest BCUT2D eigenvalue weighted by Crippen LogP contribution is 1.98. The van der Waals surface area contributed by atoms with E-state index in [9.17, 15) is 9.59 Å². The lowest BCUT2D eigenvalue weighted by atomic mass is 10.1. The summed E-state index contributed by atoms with van der Waals surface area (Å²) >= 11 is 0. The summed E-state index contributed by atoms with van der Waals surface area (Å²) in [7, 11) is 0. The number of ketones is 1. The van der Waals surface area contributed by atoms with Crippen molar-refractivity contribution in [3.63, 3.8) is 0 Å². The Morgan fingerprint density at radius 3 is 2.38 bits per heavy atom. The molecule has 0 aliphatic rings. The van der Waals surface area contributed by atoms with Crippen molar-refractivity contribution in [1.29, 1.82) is 0 Å². The van der Waals surface area contributed by atoms with E-state index in [1.54, 1.807) is 13.8 Å². The molecule has 0 aliphatic heterocycles. The van der Waals surface area contributed by atoms with Gasteiger partial charge in [-0.2, -0.15) is 0 Å². The van der Waals surface area contributed by atoms with Crippen molar-refractivity contribution in [2.75, 3.05) is 6.54 Å². The smallest absolute Gasteiger partial charge is 0.287 e. The van der Waals surface area contributed by atoms with Gasteiger partial charge in [-0.25, -0.2) is 0 Å². The molecule has 0 spiro atoms. The lowest BCUT2D eigenvalue weighted by Crippen LogP contribution is -2.34. The Kier molecular flexibility index (Phi) is 4.70. The molecule has 1 rings (SSSR count). The molecular weight excluding hydrogens is 202 g/mol. The van der Waals surface area contributed by atoms with E-state index in [-0.39, 0.29) is 11.7 Å². The second kappa shape index (κ2) is 6.05. The van der Waals surface area contributed by atoms with Crippen LogP contribution in [0.4, 0.5) is 0 Å². The number of hydrogen-bond donors (Lipinski definition) is 1. The van der Waals surface area contributed by atoms with Gasteiger partial charge in [-0.1, -0.05) is 44.2 Å². The molecule has 0 heterocycles.